The van der Waals surface area contributed by atoms with Gasteiger partial charge in [0, 0.05) is 7.14 Å². The van der Waals surface area contributed by atoms with E-state index in [4.69, 9.17) is 0 Å². The Bertz CT molecular complexity index is 598. The van der Waals surface area contributed by atoms with Crippen molar-refractivity contribution < 1.29 is 17.6 Å². The molecule has 20 heavy (non-hydrogen) atoms. The topological polar surface area (TPSA) is 24.7 Å². The summed E-state index contributed by atoms with van der Waals surface area (Å²) >= 11 is 3.46. The van der Waals surface area contributed by atoms with E-state index in [2.05, 4.69) is 10.2 Å². The second-order valence-corrected chi connectivity index (χ2v) is 6.13. The average Bonchev–Trinajstić information content (AvgIpc) is 2.30. The highest BCUT2D eigenvalue weighted by Crippen LogP contribution is 2.29. The Morgan fingerprint density at radius 3 is 1.10 bits per heavy atom. The molecule has 0 aromatic heterocycles. The van der Waals surface area contributed by atoms with E-state index in [1.54, 1.807) is 45.2 Å². The van der Waals surface area contributed by atoms with E-state index in [9.17, 15) is 17.6 Å². The Balaban J connectivity index is 2.45. The molecule has 0 fully saturated rings. The lowest BCUT2D eigenvalue weighted by molar-refractivity contribution is 0.575. The summed E-state index contributed by atoms with van der Waals surface area (Å²) in [7, 11) is 0. The fourth-order valence-electron chi connectivity index (χ4n) is 1.36. The van der Waals surface area contributed by atoms with Gasteiger partial charge in [0.1, 0.15) is 0 Å². The lowest BCUT2D eigenvalue weighted by Gasteiger charge is -2.01. The first-order chi connectivity index (χ1) is 9.38. The molecule has 2 aromatic rings. The summed E-state index contributed by atoms with van der Waals surface area (Å²) < 4.78 is 54.6. The summed E-state index contributed by atoms with van der Waals surface area (Å²) in [6.45, 7) is 0. The molecule has 0 spiro atoms. The number of hydrogen-bond acceptors (Lipinski definition) is 2. The van der Waals surface area contributed by atoms with Crippen LogP contribution in [0.2, 0.25) is 0 Å². The van der Waals surface area contributed by atoms with E-state index in [0.29, 0.717) is 7.14 Å². The third-order valence-electron chi connectivity index (χ3n) is 2.21. The SMILES string of the molecule is Fc1cc(I)cc(F)c1/N=N/c1c(F)cc(I)cc1F. The largest absolute Gasteiger partial charge is 0.204 e. The van der Waals surface area contributed by atoms with Crippen LogP contribution in [0.3, 0.4) is 0 Å². The van der Waals surface area contributed by atoms with E-state index in [1.165, 1.54) is 0 Å². The van der Waals surface area contributed by atoms with Crippen LogP contribution in [-0.2, 0) is 0 Å². The molecule has 0 N–H and O–H groups in total. The van der Waals surface area contributed by atoms with Crippen LogP contribution in [0.15, 0.2) is 34.5 Å². The molecule has 0 heterocycles. The van der Waals surface area contributed by atoms with E-state index in [1.807, 2.05) is 0 Å². The zero-order chi connectivity index (χ0) is 14.9. The summed E-state index contributed by atoms with van der Waals surface area (Å²) in [6.07, 6.45) is 0. The maximum Gasteiger partial charge on any atom is 0.157 e. The quantitative estimate of drug-likeness (QED) is 0.277. The van der Waals surface area contributed by atoms with Crippen molar-refractivity contribution >= 4 is 56.6 Å². The minimum absolute atomic E-state index is 0.336. The van der Waals surface area contributed by atoms with Gasteiger partial charge in [-0.25, -0.2) is 17.6 Å². The molecule has 0 saturated carbocycles. The minimum atomic E-state index is -0.954. The Hall–Kier alpha value is -0.780. The van der Waals surface area contributed by atoms with Gasteiger partial charge in [0.25, 0.3) is 0 Å². The zero-order valence-electron chi connectivity index (χ0n) is 9.47. The zero-order valence-corrected chi connectivity index (χ0v) is 13.8. The molecule has 8 heteroatoms. The Morgan fingerprint density at radius 1 is 0.600 bits per heavy atom. The summed E-state index contributed by atoms with van der Waals surface area (Å²) in [5.74, 6) is -3.82. The summed E-state index contributed by atoms with van der Waals surface area (Å²) in [6, 6.07) is 4.16. The molecular formula is C12H4F4I2N2. The lowest BCUT2D eigenvalue weighted by Crippen LogP contribution is -1.86. The van der Waals surface area contributed by atoms with Crippen molar-refractivity contribution in [3.05, 3.63) is 54.7 Å². The predicted molar refractivity (Wildman–Crippen MR) is 82.3 cm³/mol. The van der Waals surface area contributed by atoms with Crippen LogP contribution in [0.5, 0.6) is 0 Å². The average molecular weight is 506 g/mol. The second kappa shape index (κ2) is 6.33. The maximum atomic E-state index is 13.5. The van der Waals surface area contributed by atoms with Crippen LogP contribution in [0, 0.1) is 30.4 Å². The number of hydrogen-bond donors (Lipinski definition) is 0. The molecule has 0 unspecified atom stereocenters. The van der Waals surface area contributed by atoms with Crippen molar-refractivity contribution in [1.29, 1.82) is 0 Å². The van der Waals surface area contributed by atoms with Gasteiger partial charge in [-0.05, 0) is 69.4 Å². The standard InChI is InChI=1S/C12H4F4I2N2/c13-7-1-5(17)2-8(14)11(7)19-20-12-9(15)3-6(18)4-10(12)16/h1-4H/b20-19+. The van der Waals surface area contributed by atoms with Gasteiger partial charge in [-0.3, -0.25) is 0 Å². The molecule has 2 rings (SSSR count). The molecular weight excluding hydrogens is 502 g/mol. The van der Waals surface area contributed by atoms with Crippen molar-refractivity contribution in [2.45, 2.75) is 0 Å². The second-order valence-electron chi connectivity index (χ2n) is 3.64. The van der Waals surface area contributed by atoms with Gasteiger partial charge in [-0.2, -0.15) is 0 Å². The number of halogens is 6. The van der Waals surface area contributed by atoms with Gasteiger partial charge in [0.15, 0.2) is 34.6 Å². The monoisotopic (exact) mass is 506 g/mol. The summed E-state index contributed by atoms with van der Waals surface area (Å²) in [5, 5.41) is 6.51. The van der Waals surface area contributed by atoms with Gasteiger partial charge >= 0.3 is 0 Å². The van der Waals surface area contributed by atoms with Crippen LogP contribution in [0.25, 0.3) is 0 Å². The van der Waals surface area contributed by atoms with E-state index >= 15 is 0 Å². The molecule has 2 aromatic carbocycles. The van der Waals surface area contributed by atoms with Crippen LogP contribution < -0.4 is 0 Å². The normalized spacial score (nSPS) is 11.3. The molecule has 0 atom stereocenters. The highest BCUT2D eigenvalue weighted by molar-refractivity contribution is 14.1. The van der Waals surface area contributed by atoms with E-state index in [-0.39, 0.29) is 0 Å². The van der Waals surface area contributed by atoms with Crippen LogP contribution in [0.4, 0.5) is 28.9 Å². The Labute approximate surface area is 138 Å². The van der Waals surface area contributed by atoms with Gasteiger partial charge < -0.3 is 0 Å². The van der Waals surface area contributed by atoms with E-state index in [0.717, 1.165) is 24.3 Å². The van der Waals surface area contributed by atoms with Crippen molar-refractivity contribution in [3.8, 4) is 0 Å². The molecule has 104 valence electrons. The van der Waals surface area contributed by atoms with Gasteiger partial charge in [-0.15, -0.1) is 10.2 Å². The van der Waals surface area contributed by atoms with Gasteiger partial charge in [-0.1, -0.05) is 0 Å². The fraction of sp³-hybridized carbons (Fsp3) is 0. The third-order valence-corrected chi connectivity index (χ3v) is 3.46. The Kier molecular flexibility index (Phi) is 4.94. The van der Waals surface area contributed by atoms with Gasteiger partial charge in [0.05, 0.1) is 0 Å². The number of benzene rings is 2. The summed E-state index contributed by atoms with van der Waals surface area (Å²) in [5.41, 5.74) is -1.38. The highest BCUT2D eigenvalue weighted by Gasteiger charge is 2.13. The molecule has 0 aliphatic heterocycles. The third kappa shape index (κ3) is 3.45. The molecule has 0 aliphatic rings. The number of azo groups is 1. The van der Waals surface area contributed by atoms with E-state index < -0.39 is 34.6 Å². The predicted octanol–water partition coefficient (Wildman–Crippen LogP) is 5.87. The van der Waals surface area contributed by atoms with Crippen LogP contribution in [-0.4, -0.2) is 0 Å². The fourth-order valence-corrected chi connectivity index (χ4v) is 2.45. The number of rotatable bonds is 2. The van der Waals surface area contributed by atoms with Crippen molar-refractivity contribution in [2.24, 2.45) is 10.2 Å². The first kappa shape index (κ1) is 15.6. The molecule has 0 bridgehead atoms. The van der Waals surface area contributed by atoms with Gasteiger partial charge in [0.2, 0.25) is 0 Å². The van der Waals surface area contributed by atoms with Crippen LogP contribution in [0.1, 0.15) is 0 Å². The first-order valence-electron chi connectivity index (χ1n) is 5.09. The molecule has 0 saturated heterocycles. The minimum Gasteiger partial charge on any atom is -0.204 e. The van der Waals surface area contributed by atoms with Crippen LogP contribution >= 0.6 is 45.2 Å². The maximum absolute atomic E-state index is 13.5. The molecule has 0 amide bonds. The highest BCUT2D eigenvalue weighted by atomic mass is 127. The first-order valence-corrected chi connectivity index (χ1v) is 7.25. The van der Waals surface area contributed by atoms with Crippen molar-refractivity contribution in [2.75, 3.05) is 0 Å². The molecule has 2 nitrogen and oxygen atoms in total. The molecule has 0 radical (unpaired) electrons. The lowest BCUT2D eigenvalue weighted by atomic mass is 10.3. The summed E-state index contributed by atoms with van der Waals surface area (Å²) in [4.78, 5) is 0. The Morgan fingerprint density at radius 2 is 0.850 bits per heavy atom. The molecule has 0 aliphatic carbocycles. The van der Waals surface area contributed by atoms with Crippen molar-refractivity contribution in [1.82, 2.24) is 0 Å². The smallest absolute Gasteiger partial charge is 0.157 e. The number of nitrogens with zero attached hydrogens (tertiary/aromatic N) is 2. The van der Waals surface area contributed by atoms with Crippen molar-refractivity contribution in [3.63, 3.8) is 0 Å².